The van der Waals surface area contributed by atoms with Crippen LogP contribution in [0.3, 0.4) is 0 Å². The van der Waals surface area contributed by atoms with E-state index in [0.29, 0.717) is 17.9 Å². The average molecular weight is 289 g/mol. The standard InChI is InChI=1S/C14H23N7/c1-9-5-4-6-10(2)21(9)8-12-17-13(19-15)11-7-16-20(3)14(11)18-12/h7,9-10H,4-6,8,15H2,1-3H3,(H,17,18,19)/t9-,10+. The van der Waals surface area contributed by atoms with Crippen LogP contribution in [0.15, 0.2) is 6.20 Å². The van der Waals surface area contributed by atoms with Crippen molar-refractivity contribution in [3.05, 3.63) is 12.0 Å². The minimum absolute atomic E-state index is 0.564. The molecule has 3 rings (SSSR count). The van der Waals surface area contributed by atoms with Gasteiger partial charge in [-0.25, -0.2) is 15.8 Å². The molecule has 1 saturated heterocycles. The number of anilines is 1. The smallest absolute Gasteiger partial charge is 0.163 e. The summed E-state index contributed by atoms with van der Waals surface area (Å²) in [7, 11) is 1.88. The van der Waals surface area contributed by atoms with Crippen molar-refractivity contribution in [1.29, 1.82) is 0 Å². The summed E-state index contributed by atoms with van der Waals surface area (Å²) in [4.78, 5) is 11.7. The molecule has 3 heterocycles. The average Bonchev–Trinajstić information content (AvgIpc) is 2.84. The lowest BCUT2D eigenvalue weighted by Gasteiger charge is -2.38. The zero-order valence-corrected chi connectivity index (χ0v) is 12.9. The zero-order chi connectivity index (χ0) is 15.0. The molecule has 3 N–H and O–H groups in total. The van der Waals surface area contributed by atoms with Crippen LogP contribution in [0, 0.1) is 0 Å². The first kappa shape index (κ1) is 14.2. The zero-order valence-electron chi connectivity index (χ0n) is 12.9. The number of fused-ring (bicyclic) bond motifs is 1. The number of aromatic nitrogens is 4. The van der Waals surface area contributed by atoms with E-state index in [1.54, 1.807) is 10.9 Å². The van der Waals surface area contributed by atoms with Crippen LogP contribution < -0.4 is 11.3 Å². The molecule has 1 fully saturated rings. The number of nitrogens with one attached hydrogen (secondary N) is 1. The van der Waals surface area contributed by atoms with Crippen LogP contribution in [-0.2, 0) is 13.6 Å². The van der Waals surface area contributed by atoms with Gasteiger partial charge in [0.05, 0.1) is 18.1 Å². The molecule has 7 heteroatoms. The van der Waals surface area contributed by atoms with E-state index in [1.165, 1.54) is 19.3 Å². The summed E-state index contributed by atoms with van der Waals surface area (Å²) < 4.78 is 1.75. The van der Waals surface area contributed by atoms with E-state index in [9.17, 15) is 0 Å². The molecule has 0 aromatic carbocycles. The lowest BCUT2D eigenvalue weighted by Crippen LogP contribution is -2.43. The molecule has 0 bridgehead atoms. The number of aryl methyl sites for hydroxylation is 1. The maximum atomic E-state index is 5.59. The molecule has 0 spiro atoms. The lowest BCUT2D eigenvalue weighted by molar-refractivity contribution is 0.0924. The van der Waals surface area contributed by atoms with E-state index in [2.05, 4.69) is 39.2 Å². The first-order valence-electron chi connectivity index (χ1n) is 7.51. The van der Waals surface area contributed by atoms with Crippen LogP contribution >= 0.6 is 0 Å². The SMILES string of the molecule is C[C@@H]1CCC[C@H](C)N1Cc1nc(NN)c2cnn(C)c2n1. The van der Waals surface area contributed by atoms with E-state index in [-0.39, 0.29) is 0 Å². The number of rotatable bonds is 3. The predicted octanol–water partition coefficient (Wildman–Crippen LogP) is 1.41. The van der Waals surface area contributed by atoms with Gasteiger partial charge < -0.3 is 5.43 Å². The molecular weight excluding hydrogens is 266 g/mol. The van der Waals surface area contributed by atoms with Gasteiger partial charge in [-0.05, 0) is 26.7 Å². The maximum absolute atomic E-state index is 5.59. The molecule has 114 valence electrons. The molecule has 1 aliphatic rings. The van der Waals surface area contributed by atoms with Gasteiger partial charge in [0.1, 0.15) is 5.82 Å². The second kappa shape index (κ2) is 5.57. The number of nitrogen functional groups attached to an aromatic ring is 1. The van der Waals surface area contributed by atoms with Crippen LogP contribution in [0.5, 0.6) is 0 Å². The highest BCUT2D eigenvalue weighted by Gasteiger charge is 2.26. The van der Waals surface area contributed by atoms with Crippen molar-refractivity contribution >= 4 is 16.9 Å². The highest BCUT2D eigenvalue weighted by atomic mass is 15.3. The van der Waals surface area contributed by atoms with Crippen LogP contribution in [0.25, 0.3) is 11.0 Å². The third-order valence-electron chi connectivity index (χ3n) is 4.48. The van der Waals surface area contributed by atoms with E-state index >= 15 is 0 Å². The van der Waals surface area contributed by atoms with E-state index in [1.807, 2.05) is 7.05 Å². The largest absolute Gasteiger partial charge is 0.308 e. The fraction of sp³-hybridized carbons (Fsp3) is 0.643. The Hall–Kier alpha value is -1.73. The van der Waals surface area contributed by atoms with Crippen LogP contribution in [-0.4, -0.2) is 36.7 Å². The molecule has 2 atom stereocenters. The summed E-state index contributed by atoms with van der Waals surface area (Å²) in [6.07, 6.45) is 5.51. The molecule has 0 amide bonds. The highest BCUT2D eigenvalue weighted by Crippen LogP contribution is 2.25. The molecule has 21 heavy (non-hydrogen) atoms. The van der Waals surface area contributed by atoms with E-state index in [4.69, 9.17) is 5.84 Å². The quantitative estimate of drug-likeness (QED) is 0.656. The van der Waals surface area contributed by atoms with Gasteiger partial charge in [-0.2, -0.15) is 5.10 Å². The number of piperidine rings is 1. The Morgan fingerprint density at radius 2 is 2.00 bits per heavy atom. The summed E-state index contributed by atoms with van der Waals surface area (Å²) in [6.45, 7) is 5.30. The van der Waals surface area contributed by atoms with Gasteiger partial charge in [-0.3, -0.25) is 9.58 Å². The minimum Gasteiger partial charge on any atom is -0.308 e. The van der Waals surface area contributed by atoms with Crippen molar-refractivity contribution in [2.75, 3.05) is 5.43 Å². The van der Waals surface area contributed by atoms with Crippen LogP contribution in [0.2, 0.25) is 0 Å². The Bertz CT molecular complexity index is 626. The van der Waals surface area contributed by atoms with Crippen molar-refractivity contribution in [3.63, 3.8) is 0 Å². The van der Waals surface area contributed by atoms with Crippen LogP contribution in [0.4, 0.5) is 5.82 Å². The van der Waals surface area contributed by atoms with Gasteiger partial charge in [0.2, 0.25) is 0 Å². The second-order valence-corrected chi connectivity index (χ2v) is 5.94. The number of nitrogens with two attached hydrogens (primary N) is 1. The first-order chi connectivity index (χ1) is 10.1. The Morgan fingerprint density at radius 3 is 2.67 bits per heavy atom. The first-order valence-corrected chi connectivity index (χ1v) is 7.51. The fourth-order valence-corrected chi connectivity index (χ4v) is 3.20. The minimum atomic E-state index is 0.564. The van der Waals surface area contributed by atoms with E-state index in [0.717, 1.165) is 23.4 Å². The van der Waals surface area contributed by atoms with Gasteiger partial charge in [0, 0.05) is 19.1 Å². The van der Waals surface area contributed by atoms with Crippen molar-refractivity contribution in [2.24, 2.45) is 12.9 Å². The summed E-state index contributed by atoms with van der Waals surface area (Å²) in [6, 6.07) is 1.13. The molecular formula is C14H23N7. The van der Waals surface area contributed by atoms with Gasteiger partial charge in [-0.1, -0.05) is 6.42 Å². The maximum Gasteiger partial charge on any atom is 0.163 e. The third kappa shape index (κ3) is 2.58. The fourth-order valence-electron chi connectivity index (χ4n) is 3.20. The Labute approximate surface area is 124 Å². The third-order valence-corrected chi connectivity index (χ3v) is 4.48. The number of likely N-dealkylation sites (tertiary alicyclic amines) is 1. The molecule has 0 saturated carbocycles. The molecule has 1 aliphatic heterocycles. The van der Waals surface area contributed by atoms with Gasteiger partial charge in [0.25, 0.3) is 0 Å². The molecule has 0 aliphatic carbocycles. The monoisotopic (exact) mass is 289 g/mol. The van der Waals surface area contributed by atoms with Gasteiger partial charge >= 0.3 is 0 Å². The van der Waals surface area contributed by atoms with Gasteiger partial charge in [0.15, 0.2) is 11.5 Å². The number of nitrogens with zero attached hydrogens (tertiary/aromatic N) is 5. The van der Waals surface area contributed by atoms with Crippen molar-refractivity contribution < 1.29 is 0 Å². The molecule has 0 unspecified atom stereocenters. The normalized spacial score (nSPS) is 23.6. The second-order valence-electron chi connectivity index (χ2n) is 5.94. The van der Waals surface area contributed by atoms with Crippen molar-refractivity contribution in [2.45, 2.75) is 51.7 Å². The molecule has 2 aromatic rings. The van der Waals surface area contributed by atoms with Crippen molar-refractivity contribution in [1.82, 2.24) is 24.6 Å². The Balaban J connectivity index is 1.94. The Morgan fingerprint density at radius 1 is 1.29 bits per heavy atom. The molecule has 2 aromatic heterocycles. The van der Waals surface area contributed by atoms with Gasteiger partial charge in [-0.15, -0.1) is 0 Å². The summed E-state index contributed by atoms with van der Waals surface area (Å²) >= 11 is 0. The molecule has 7 nitrogen and oxygen atoms in total. The van der Waals surface area contributed by atoms with Crippen LogP contribution in [0.1, 0.15) is 38.9 Å². The van der Waals surface area contributed by atoms with E-state index < -0.39 is 0 Å². The van der Waals surface area contributed by atoms with Crippen molar-refractivity contribution in [3.8, 4) is 0 Å². The summed E-state index contributed by atoms with van der Waals surface area (Å²) in [5.41, 5.74) is 3.47. The molecule has 0 radical (unpaired) electrons. The number of hydrazine groups is 1. The number of hydrogen-bond acceptors (Lipinski definition) is 6. The topological polar surface area (TPSA) is 84.9 Å². The number of hydrogen-bond donors (Lipinski definition) is 2. The Kier molecular flexibility index (Phi) is 3.77. The predicted molar refractivity (Wildman–Crippen MR) is 82.4 cm³/mol. The lowest BCUT2D eigenvalue weighted by atomic mass is 9.97. The summed E-state index contributed by atoms with van der Waals surface area (Å²) in [5, 5.41) is 5.08. The highest BCUT2D eigenvalue weighted by molar-refractivity contribution is 5.86. The summed E-state index contributed by atoms with van der Waals surface area (Å²) in [5.74, 6) is 7.02.